The van der Waals surface area contributed by atoms with Gasteiger partial charge in [-0.3, -0.25) is 14.4 Å². The van der Waals surface area contributed by atoms with Crippen molar-refractivity contribution in [1.82, 2.24) is 0 Å². The number of hydrogen-bond donors (Lipinski definition) is 1. The number of ketones is 1. The molecule has 0 saturated carbocycles. The molecule has 2 aromatic carbocycles. The zero-order valence-corrected chi connectivity index (χ0v) is 17.1. The molecule has 1 aliphatic rings. The molecule has 0 bridgehead atoms. The Labute approximate surface area is 170 Å². The molecule has 1 aliphatic heterocycles. The van der Waals surface area contributed by atoms with Crippen LogP contribution in [0.1, 0.15) is 47.2 Å². The minimum Gasteiger partial charge on any atom is -0.494 e. The van der Waals surface area contributed by atoms with E-state index in [1.165, 1.54) is 7.11 Å². The Morgan fingerprint density at radius 2 is 1.90 bits per heavy atom. The van der Waals surface area contributed by atoms with Crippen LogP contribution in [0.25, 0.3) is 0 Å². The minimum atomic E-state index is -0.240. The quantitative estimate of drug-likeness (QED) is 0.719. The first-order valence-electron chi connectivity index (χ1n) is 9.77. The summed E-state index contributed by atoms with van der Waals surface area (Å²) in [5.74, 6) is 0.326. The van der Waals surface area contributed by atoms with E-state index in [0.29, 0.717) is 35.7 Å². The second-order valence-corrected chi connectivity index (χ2v) is 7.33. The lowest BCUT2D eigenvalue weighted by atomic mass is 9.99. The highest BCUT2D eigenvalue weighted by Gasteiger charge is 2.24. The second-order valence-electron chi connectivity index (χ2n) is 7.33. The van der Waals surface area contributed by atoms with Crippen LogP contribution in [0.5, 0.6) is 5.75 Å². The SMILES string of the molecule is COc1cc(NC(=O)CCC(=O)c2cc(C)ccc2C)ccc1N1CCCC1=O. The van der Waals surface area contributed by atoms with Crippen molar-refractivity contribution in [2.45, 2.75) is 39.5 Å². The Balaban J connectivity index is 1.62. The summed E-state index contributed by atoms with van der Waals surface area (Å²) in [6.45, 7) is 4.50. The number of benzene rings is 2. The van der Waals surface area contributed by atoms with E-state index < -0.39 is 0 Å². The van der Waals surface area contributed by atoms with Gasteiger partial charge in [-0.25, -0.2) is 0 Å². The zero-order chi connectivity index (χ0) is 21.0. The van der Waals surface area contributed by atoms with Crippen molar-refractivity contribution in [3.63, 3.8) is 0 Å². The number of hydrogen-bond acceptors (Lipinski definition) is 4. The fraction of sp³-hybridized carbons (Fsp3) is 0.348. The van der Waals surface area contributed by atoms with E-state index in [-0.39, 0.29) is 30.4 Å². The molecule has 2 amide bonds. The lowest BCUT2D eigenvalue weighted by Crippen LogP contribution is -2.24. The molecule has 1 saturated heterocycles. The van der Waals surface area contributed by atoms with E-state index in [2.05, 4.69) is 5.32 Å². The van der Waals surface area contributed by atoms with Gasteiger partial charge in [-0.05, 0) is 44.0 Å². The number of methoxy groups -OCH3 is 1. The number of Topliss-reactive ketones (excluding diaryl/α,β-unsaturated/α-hetero) is 1. The Bertz CT molecular complexity index is 952. The number of carbonyl (C=O) groups excluding carboxylic acids is 3. The fourth-order valence-electron chi connectivity index (χ4n) is 3.50. The van der Waals surface area contributed by atoms with Crippen LogP contribution in [-0.2, 0) is 9.59 Å². The molecule has 0 radical (unpaired) electrons. The molecular weight excluding hydrogens is 368 g/mol. The number of aryl methyl sites for hydroxylation is 2. The third kappa shape index (κ3) is 4.83. The first kappa shape index (κ1) is 20.6. The van der Waals surface area contributed by atoms with Gasteiger partial charge in [0.15, 0.2) is 5.78 Å². The highest BCUT2D eigenvalue weighted by atomic mass is 16.5. The van der Waals surface area contributed by atoms with E-state index in [9.17, 15) is 14.4 Å². The molecule has 0 aromatic heterocycles. The minimum absolute atomic E-state index is 0.0400. The van der Waals surface area contributed by atoms with Gasteiger partial charge < -0.3 is 15.0 Å². The van der Waals surface area contributed by atoms with Crippen LogP contribution in [0, 0.1) is 13.8 Å². The van der Waals surface area contributed by atoms with E-state index in [1.807, 2.05) is 32.0 Å². The number of nitrogens with one attached hydrogen (secondary N) is 1. The van der Waals surface area contributed by atoms with Gasteiger partial charge in [-0.2, -0.15) is 0 Å². The zero-order valence-electron chi connectivity index (χ0n) is 17.1. The molecule has 0 aliphatic carbocycles. The van der Waals surface area contributed by atoms with Crippen molar-refractivity contribution in [2.24, 2.45) is 0 Å². The maximum absolute atomic E-state index is 12.5. The van der Waals surface area contributed by atoms with Gasteiger partial charge in [-0.1, -0.05) is 17.7 Å². The van der Waals surface area contributed by atoms with Gasteiger partial charge in [0, 0.05) is 43.1 Å². The van der Waals surface area contributed by atoms with Gasteiger partial charge >= 0.3 is 0 Å². The summed E-state index contributed by atoms with van der Waals surface area (Å²) in [5.41, 5.74) is 3.88. The summed E-state index contributed by atoms with van der Waals surface area (Å²) in [5, 5.41) is 2.80. The Morgan fingerprint density at radius 1 is 1.10 bits per heavy atom. The average molecular weight is 394 g/mol. The monoisotopic (exact) mass is 394 g/mol. The van der Waals surface area contributed by atoms with Crippen molar-refractivity contribution in [1.29, 1.82) is 0 Å². The number of amides is 2. The van der Waals surface area contributed by atoms with Crippen molar-refractivity contribution < 1.29 is 19.1 Å². The van der Waals surface area contributed by atoms with Crippen molar-refractivity contribution in [2.75, 3.05) is 23.9 Å². The van der Waals surface area contributed by atoms with Crippen LogP contribution in [0.3, 0.4) is 0 Å². The number of ether oxygens (including phenoxy) is 1. The summed E-state index contributed by atoms with van der Waals surface area (Å²) in [7, 11) is 1.54. The number of carbonyl (C=O) groups is 3. The first-order chi connectivity index (χ1) is 13.9. The Morgan fingerprint density at radius 3 is 2.59 bits per heavy atom. The normalized spacial score (nSPS) is 13.5. The molecule has 1 fully saturated rings. The fourth-order valence-corrected chi connectivity index (χ4v) is 3.50. The summed E-state index contributed by atoms with van der Waals surface area (Å²) < 4.78 is 5.41. The molecule has 1 N–H and O–H groups in total. The van der Waals surface area contributed by atoms with Crippen LogP contribution < -0.4 is 15.0 Å². The molecule has 0 spiro atoms. The number of rotatable bonds is 7. The Kier molecular flexibility index (Phi) is 6.32. The smallest absolute Gasteiger partial charge is 0.227 e. The molecule has 1 heterocycles. The largest absolute Gasteiger partial charge is 0.494 e. The van der Waals surface area contributed by atoms with Gasteiger partial charge in [0.2, 0.25) is 11.8 Å². The molecule has 29 heavy (non-hydrogen) atoms. The van der Waals surface area contributed by atoms with Gasteiger partial charge in [-0.15, -0.1) is 0 Å². The standard InChI is InChI=1S/C23H26N2O4/c1-15-6-7-16(2)18(13-15)20(26)10-11-22(27)24-17-8-9-19(21(14-17)29-3)25-12-4-5-23(25)28/h6-9,13-14H,4-5,10-12H2,1-3H3,(H,24,27). The third-order valence-electron chi connectivity index (χ3n) is 5.10. The average Bonchev–Trinajstić information content (AvgIpc) is 3.13. The predicted molar refractivity (Wildman–Crippen MR) is 113 cm³/mol. The third-order valence-corrected chi connectivity index (χ3v) is 5.10. The van der Waals surface area contributed by atoms with Gasteiger partial charge in [0.1, 0.15) is 5.75 Å². The molecule has 3 rings (SSSR count). The van der Waals surface area contributed by atoms with Crippen molar-refractivity contribution in [3.05, 3.63) is 53.1 Å². The van der Waals surface area contributed by atoms with Crippen molar-refractivity contribution >= 4 is 29.0 Å². The van der Waals surface area contributed by atoms with E-state index in [0.717, 1.165) is 17.5 Å². The lowest BCUT2D eigenvalue weighted by Gasteiger charge is -2.19. The topological polar surface area (TPSA) is 75.7 Å². The van der Waals surface area contributed by atoms with Crippen LogP contribution in [-0.4, -0.2) is 31.3 Å². The molecule has 2 aromatic rings. The van der Waals surface area contributed by atoms with Gasteiger partial charge in [0.05, 0.1) is 12.8 Å². The van der Waals surface area contributed by atoms with Crippen LogP contribution >= 0.6 is 0 Å². The predicted octanol–water partition coefficient (Wildman–Crippen LogP) is 4.04. The highest BCUT2D eigenvalue weighted by molar-refractivity contribution is 6.01. The summed E-state index contributed by atoms with van der Waals surface area (Å²) in [6.07, 6.45) is 1.61. The molecule has 0 atom stereocenters. The lowest BCUT2D eigenvalue weighted by molar-refractivity contribution is -0.117. The number of anilines is 2. The molecule has 0 unspecified atom stereocenters. The summed E-state index contributed by atoms with van der Waals surface area (Å²) in [6, 6.07) is 11.0. The van der Waals surface area contributed by atoms with E-state index in [1.54, 1.807) is 23.1 Å². The van der Waals surface area contributed by atoms with Crippen LogP contribution in [0.15, 0.2) is 36.4 Å². The van der Waals surface area contributed by atoms with Crippen molar-refractivity contribution in [3.8, 4) is 5.75 Å². The van der Waals surface area contributed by atoms with Gasteiger partial charge in [0.25, 0.3) is 0 Å². The molecule has 152 valence electrons. The highest BCUT2D eigenvalue weighted by Crippen LogP contribution is 2.33. The molecule has 6 nitrogen and oxygen atoms in total. The molecular formula is C23H26N2O4. The van der Waals surface area contributed by atoms with E-state index in [4.69, 9.17) is 4.74 Å². The first-order valence-corrected chi connectivity index (χ1v) is 9.77. The summed E-state index contributed by atoms with van der Waals surface area (Å²) >= 11 is 0. The summed E-state index contributed by atoms with van der Waals surface area (Å²) in [4.78, 5) is 38.5. The van der Waals surface area contributed by atoms with Crippen LogP contribution in [0.4, 0.5) is 11.4 Å². The van der Waals surface area contributed by atoms with Crippen LogP contribution in [0.2, 0.25) is 0 Å². The Hall–Kier alpha value is -3.15. The molecule has 6 heteroatoms. The number of nitrogens with zero attached hydrogens (tertiary/aromatic N) is 1. The second kappa shape index (κ2) is 8.90. The van der Waals surface area contributed by atoms with E-state index >= 15 is 0 Å². The maximum Gasteiger partial charge on any atom is 0.227 e. The maximum atomic E-state index is 12.5.